The fraction of sp³-hybridized carbons (Fsp3) is 0.231. The van der Waals surface area contributed by atoms with Gasteiger partial charge in [0.15, 0.2) is 5.78 Å². The van der Waals surface area contributed by atoms with Crippen LogP contribution >= 0.6 is 39.1 Å². The quantitative estimate of drug-likeness (QED) is 0.767. The lowest BCUT2D eigenvalue weighted by Crippen LogP contribution is -2.08. The second kappa shape index (κ2) is 5.65. The molecular formula is C13H11BrCl2N2O. The van der Waals surface area contributed by atoms with Gasteiger partial charge >= 0.3 is 0 Å². The lowest BCUT2D eigenvalue weighted by molar-refractivity contribution is 0.0990. The Bertz CT molecular complexity index is 632. The van der Waals surface area contributed by atoms with Gasteiger partial charge in [-0.2, -0.15) is 5.10 Å². The molecule has 100 valence electrons. The van der Waals surface area contributed by atoms with E-state index in [9.17, 15) is 4.79 Å². The van der Waals surface area contributed by atoms with Crippen molar-refractivity contribution in [3.8, 4) is 0 Å². The maximum atomic E-state index is 12.3. The summed E-state index contributed by atoms with van der Waals surface area (Å²) in [4.78, 5) is 12.3. The zero-order chi connectivity index (χ0) is 14.2. The van der Waals surface area contributed by atoms with E-state index in [1.54, 1.807) is 22.9 Å². The van der Waals surface area contributed by atoms with Crippen LogP contribution in [0.3, 0.4) is 0 Å². The number of nitrogens with zero attached hydrogens (tertiary/aromatic N) is 2. The molecule has 0 fully saturated rings. The first-order chi connectivity index (χ1) is 8.88. The monoisotopic (exact) mass is 360 g/mol. The highest BCUT2D eigenvalue weighted by molar-refractivity contribution is 9.10. The summed E-state index contributed by atoms with van der Waals surface area (Å²) in [7, 11) is 1.81. The standard InChI is InChI=1S/C13H11BrCl2N2O/c1-7-13(14)11(18(2)17-7)6-12(19)8-3-9(15)5-10(16)4-8/h3-5H,6H2,1-2H3. The summed E-state index contributed by atoms with van der Waals surface area (Å²) < 4.78 is 2.56. The molecule has 2 aromatic rings. The summed E-state index contributed by atoms with van der Waals surface area (Å²) in [5, 5.41) is 5.17. The first-order valence-corrected chi connectivity index (χ1v) is 7.10. The number of Topliss-reactive ketones (excluding diaryl/α,β-unsaturated/α-hetero) is 1. The number of halogens is 3. The molecule has 0 aliphatic carbocycles. The summed E-state index contributed by atoms with van der Waals surface area (Å²) >= 11 is 15.2. The zero-order valence-corrected chi connectivity index (χ0v) is 13.5. The molecule has 1 heterocycles. The Morgan fingerprint density at radius 2 is 1.89 bits per heavy atom. The second-order valence-electron chi connectivity index (χ2n) is 4.23. The predicted octanol–water partition coefficient (Wildman–Crippen LogP) is 4.22. The van der Waals surface area contributed by atoms with Crippen LogP contribution in [0.25, 0.3) is 0 Å². The van der Waals surface area contributed by atoms with Gasteiger partial charge in [0.05, 0.1) is 22.3 Å². The van der Waals surface area contributed by atoms with Crippen LogP contribution in [0.15, 0.2) is 22.7 Å². The molecule has 2 rings (SSSR count). The first-order valence-electron chi connectivity index (χ1n) is 5.55. The van der Waals surface area contributed by atoms with E-state index in [4.69, 9.17) is 23.2 Å². The zero-order valence-electron chi connectivity index (χ0n) is 10.4. The molecule has 0 unspecified atom stereocenters. The van der Waals surface area contributed by atoms with Crippen LogP contribution < -0.4 is 0 Å². The van der Waals surface area contributed by atoms with Crippen molar-refractivity contribution < 1.29 is 4.79 Å². The molecule has 0 N–H and O–H groups in total. The predicted molar refractivity (Wildman–Crippen MR) is 80.1 cm³/mol. The summed E-state index contributed by atoms with van der Waals surface area (Å²) in [6, 6.07) is 4.84. The lowest BCUT2D eigenvalue weighted by atomic mass is 10.1. The Labute approximate surface area is 129 Å². The molecular weight excluding hydrogens is 351 g/mol. The van der Waals surface area contributed by atoms with Crippen molar-refractivity contribution >= 4 is 44.9 Å². The van der Waals surface area contributed by atoms with E-state index in [2.05, 4.69) is 21.0 Å². The number of hydrogen-bond donors (Lipinski definition) is 0. The van der Waals surface area contributed by atoms with E-state index in [1.165, 1.54) is 0 Å². The molecule has 0 aliphatic rings. The van der Waals surface area contributed by atoms with E-state index in [0.29, 0.717) is 15.6 Å². The molecule has 0 saturated heterocycles. The fourth-order valence-corrected chi connectivity index (χ4v) is 2.84. The average Bonchev–Trinajstić information content (AvgIpc) is 2.54. The van der Waals surface area contributed by atoms with Gasteiger partial charge in [-0.1, -0.05) is 23.2 Å². The van der Waals surface area contributed by atoms with E-state index < -0.39 is 0 Å². The van der Waals surface area contributed by atoms with Crippen molar-refractivity contribution in [2.75, 3.05) is 0 Å². The number of carbonyl (C=O) groups excluding carboxylic acids is 1. The van der Waals surface area contributed by atoms with Gasteiger partial charge in [0.2, 0.25) is 0 Å². The number of carbonyl (C=O) groups is 1. The molecule has 0 saturated carbocycles. The molecule has 1 aromatic heterocycles. The highest BCUT2D eigenvalue weighted by atomic mass is 79.9. The van der Waals surface area contributed by atoms with Crippen LogP contribution in [0, 0.1) is 6.92 Å². The van der Waals surface area contributed by atoms with Gasteiger partial charge in [0, 0.05) is 22.7 Å². The summed E-state index contributed by atoms with van der Waals surface area (Å²) in [5.41, 5.74) is 2.19. The number of benzene rings is 1. The maximum Gasteiger partial charge on any atom is 0.168 e. The van der Waals surface area contributed by atoms with Gasteiger partial charge in [0.1, 0.15) is 0 Å². The average molecular weight is 362 g/mol. The SMILES string of the molecule is Cc1nn(C)c(CC(=O)c2cc(Cl)cc(Cl)c2)c1Br. The molecule has 1 aromatic carbocycles. The van der Waals surface area contributed by atoms with Crippen LogP contribution in [-0.2, 0) is 13.5 Å². The Kier molecular flexibility index (Phi) is 4.33. The second-order valence-corrected chi connectivity index (χ2v) is 5.89. The van der Waals surface area contributed by atoms with Gasteiger partial charge in [-0.15, -0.1) is 0 Å². The third-order valence-electron chi connectivity index (χ3n) is 2.77. The molecule has 0 radical (unpaired) electrons. The Hall–Kier alpha value is -0.840. The van der Waals surface area contributed by atoms with Gasteiger partial charge < -0.3 is 0 Å². The maximum absolute atomic E-state index is 12.3. The molecule has 0 spiro atoms. The van der Waals surface area contributed by atoms with Gasteiger partial charge in [-0.25, -0.2) is 0 Å². The molecule has 0 aliphatic heterocycles. The molecule has 19 heavy (non-hydrogen) atoms. The fourth-order valence-electron chi connectivity index (χ4n) is 1.84. The van der Waals surface area contributed by atoms with E-state index in [0.717, 1.165) is 15.9 Å². The number of aryl methyl sites for hydroxylation is 2. The van der Waals surface area contributed by atoms with Gasteiger partial charge in [0.25, 0.3) is 0 Å². The first kappa shape index (κ1) is 14.6. The third kappa shape index (κ3) is 3.19. The van der Waals surface area contributed by atoms with Gasteiger partial charge in [-0.3, -0.25) is 9.48 Å². The van der Waals surface area contributed by atoms with Crippen LogP contribution in [0.4, 0.5) is 0 Å². The normalized spacial score (nSPS) is 10.8. The number of hydrogen-bond acceptors (Lipinski definition) is 2. The molecule has 0 amide bonds. The number of rotatable bonds is 3. The Morgan fingerprint density at radius 1 is 1.32 bits per heavy atom. The minimum absolute atomic E-state index is 0.0481. The molecule has 6 heteroatoms. The van der Waals surface area contributed by atoms with Crippen LogP contribution in [0.5, 0.6) is 0 Å². The highest BCUT2D eigenvalue weighted by Gasteiger charge is 2.16. The minimum Gasteiger partial charge on any atom is -0.294 e. The molecule has 3 nitrogen and oxygen atoms in total. The van der Waals surface area contributed by atoms with Crippen LogP contribution in [-0.4, -0.2) is 15.6 Å². The third-order valence-corrected chi connectivity index (χ3v) is 4.24. The minimum atomic E-state index is -0.0481. The van der Waals surface area contributed by atoms with E-state index in [-0.39, 0.29) is 12.2 Å². The molecule has 0 atom stereocenters. The topological polar surface area (TPSA) is 34.9 Å². The Balaban J connectivity index is 2.30. The number of ketones is 1. The summed E-state index contributed by atoms with van der Waals surface area (Å²) in [6.07, 6.45) is 0.245. The van der Waals surface area contributed by atoms with Gasteiger partial charge in [-0.05, 0) is 41.1 Å². The van der Waals surface area contributed by atoms with Crippen molar-refractivity contribution in [2.45, 2.75) is 13.3 Å². The van der Waals surface area contributed by atoms with Crippen LogP contribution in [0.2, 0.25) is 10.0 Å². The van der Waals surface area contributed by atoms with Crippen molar-refractivity contribution in [2.24, 2.45) is 7.05 Å². The van der Waals surface area contributed by atoms with Crippen molar-refractivity contribution in [1.29, 1.82) is 0 Å². The Morgan fingerprint density at radius 3 is 2.37 bits per heavy atom. The number of aromatic nitrogens is 2. The van der Waals surface area contributed by atoms with Crippen molar-refractivity contribution in [3.05, 3.63) is 49.7 Å². The van der Waals surface area contributed by atoms with E-state index in [1.807, 2.05) is 14.0 Å². The lowest BCUT2D eigenvalue weighted by Gasteiger charge is -2.04. The smallest absolute Gasteiger partial charge is 0.168 e. The summed E-state index contributed by atoms with van der Waals surface area (Å²) in [6.45, 7) is 1.88. The summed E-state index contributed by atoms with van der Waals surface area (Å²) in [5.74, 6) is -0.0481. The highest BCUT2D eigenvalue weighted by Crippen LogP contribution is 2.24. The van der Waals surface area contributed by atoms with Crippen molar-refractivity contribution in [1.82, 2.24) is 9.78 Å². The van der Waals surface area contributed by atoms with Crippen molar-refractivity contribution in [3.63, 3.8) is 0 Å². The van der Waals surface area contributed by atoms with E-state index >= 15 is 0 Å². The van der Waals surface area contributed by atoms with Crippen LogP contribution in [0.1, 0.15) is 21.7 Å². The molecule has 0 bridgehead atoms. The largest absolute Gasteiger partial charge is 0.294 e.